The summed E-state index contributed by atoms with van der Waals surface area (Å²) in [5, 5.41) is 17.0. The Balaban J connectivity index is 0.00000660. The molecule has 0 atom stereocenters. The Labute approximate surface area is 479 Å². The number of nitrogens with zero attached hydrogens (tertiary/aromatic N) is 4. The van der Waals surface area contributed by atoms with E-state index in [1.165, 1.54) is 11.1 Å². The quantitative estimate of drug-likeness (QED) is 0.154. The van der Waals surface area contributed by atoms with Crippen LogP contribution >= 0.6 is 0 Å². The fourth-order valence-corrected chi connectivity index (χ4v) is 11.6. The van der Waals surface area contributed by atoms with Crippen LogP contribution in [0.25, 0.3) is 111 Å². The van der Waals surface area contributed by atoms with Crippen molar-refractivity contribution in [2.75, 3.05) is 0 Å². The molecule has 0 bridgehead atoms. The van der Waals surface area contributed by atoms with Gasteiger partial charge in [-0.25, -0.2) is 4.98 Å². The number of benzene rings is 9. The Kier molecular flexibility index (Phi) is 13.3. The van der Waals surface area contributed by atoms with E-state index in [0.29, 0.717) is 11.4 Å². The van der Waals surface area contributed by atoms with Gasteiger partial charge >= 0.3 is 0 Å². The van der Waals surface area contributed by atoms with Gasteiger partial charge in [0.15, 0.2) is 5.58 Å². The number of fused-ring (bicyclic) bond motifs is 8. The van der Waals surface area contributed by atoms with E-state index in [1.54, 1.807) is 0 Å². The predicted molar refractivity (Wildman–Crippen MR) is 327 cm³/mol. The van der Waals surface area contributed by atoms with E-state index < -0.39 is 0 Å². The van der Waals surface area contributed by atoms with Crippen LogP contribution in [-0.2, 0) is 37.3 Å². The number of aromatic hydroxyl groups is 1. The maximum atomic E-state index is 12.7. The topological polar surface area (TPSA) is 69.0 Å². The summed E-state index contributed by atoms with van der Waals surface area (Å²) in [5.74, 6) is 2.11. The van der Waals surface area contributed by atoms with Crippen LogP contribution in [0, 0.1) is 6.07 Å². The van der Waals surface area contributed by atoms with Gasteiger partial charge in [0.2, 0.25) is 0 Å². The molecule has 0 saturated carbocycles. The number of rotatable bonds is 8. The molecule has 9 aromatic carbocycles. The molecule has 7 heteroatoms. The van der Waals surface area contributed by atoms with Crippen molar-refractivity contribution >= 4 is 54.8 Å². The third kappa shape index (κ3) is 9.11. The van der Waals surface area contributed by atoms with Gasteiger partial charge in [0.25, 0.3) is 0 Å². The Morgan fingerprint density at radius 2 is 1.11 bits per heavy atom. The van der Waals surface area contributed by atoms with Crippen molar-refractivity contribution in [1.82, 2.24) is 19.1 Å². The SMILES string of the molecule is CC(C)c1cccc(C(C)C)c1-n1c(-c2[c-]c(-c3cccc4c3nc(-c3cc(C(C)(C)C)cc(C(C)(C)C)c3O)n4-c3ccccc3-c3ccccc3)cc(C(C)(C)C)c2)nc2ccc3c4ccc5ccccc5c4oc3c21.[Pt]. The molecular weight excluding hydrogens is 1150 g/mol. The van der Waals surface area contributed by atoms with E-state index in [0.717, 1.165) is 116 Å². The van der Waals surface area contributed by atoms with E-state index in [2.05, 4.69) is 269 Å². The number of aromatic nitrogens is 4. The summed E-state index contributed by atoms with van der Waals surface area (Å²) in [4.78, 5) is 11.4. The first kappa shape index (κ1) is 53.5. The average molecular weight is 1220 g/mol. The first-order valence-electron chi connectivity index (χ1n) is 27.7. The van der Waals surface area contributed by atoms with Crippen molar-refractivity contribution in [2.24, 2.45) is 0 Å². The molecule has 0 fully saturated rings. The Morgan fingerprint density at radius 3 is 1.81 bits per heavy atom. The largest absolute Gasteiger partial charge is 0.507 e. The van der Waals surface area contributed by atoms with Gasteiger partial charge in [0, 0.05) is 54.0 Å². The average Bonchev–Trinajstić information content (AvgIpc) is 3.84. The second kappa shape index (κ2) is 19.7. The smallest absolute Gasteiger partial charge is 0.161 e. The van der Waals surface area contributed by atoms with Crippen LogP contribution in [0.2, 0.25) is 0 Å². The molecular formula is C72H69N4O2Pt-. The van der Waals surface area contributed by atoms with Crippen LogP contribution in [-0.4, -0.2) is 24.2 Å². The molecule has 0 amide bonds. The molecule has 400 valence electrons. The molecule has 3 aromatic heterocycles. The standard InChI is InChI=1S/C72H69N4O2.Pt/c1-42(2)50-28-21-29-51(43(3)4)63(50)76-64-59(36-35-56-55-34-33-45-25-17-18-27-54(45)66(55)78-67(56)64)73-68(76)47-37-46(38-48(39-47)70(5,6)7)53-30-22-32-61-62(53)74-69(57-40-49(71(8,9)10)41-58(65(57)77)72(11,12)13)75(61)60-31-20-19-26-52(60)44-23-15-14-16-24-44;/h14-36,38-43,77H,1-13H3;/q-1;. The zero-order valence-electron chi connectivity index (χ0n) is 47.7. The summed E-state index contributed by atoms with van der Waals surface area (Å²) < 4.78 is 11.9. The van der Waals surface area contributed by atoms with Crippen molar-refractivity contribution in [3.8, 4) is 62.2 Å². The third-order valence-corrected chi connectivity index (χ3v) is 15.9. The number of phenolic OH excluding ortho intramolecular Hbond substituents is 1. The molecule has 12 rings (SSSR count). The number of para-hydroxylation sites is 3. The minimum Gasteiger partial charge on any atom is -0.507 e. The second-order valence-electron chi connectivity index (χ2n) is 25.1. The summed E-state index contributed by atoms with van der Waals surface area (Å²) in [6, 6.07) is 62.5. The van der Waals surface area contributed by atoms with Crippen LogP contribution in [0.5, 0.6) is 5.75 Å². The molecule has 0 saturated heterocycles. The van der Waals surface area contributed by atoms with Crippen LogP contribution in [0.1, 0.15) is 130 Å². The summed E-state index contributed by atoms with van der Waals surface area (Å²) in [6.45, 7) is 29.2. The van der Waals surface area contributed by atoms with Gasteiger partial charge in [-0.2, -0.15) is 0 Å². The fourth-order valence-electron chi connectivity index (χ4n) is 11.6. The van der Waals surface area contributed by atoms with Crippen LogP contribution in [0.15, 0.2) is 168 Å². The Morgan fingerprint density at radius 1 is 0.506 bits per heavy atom. The first-order chi connectivity index (χ1) is 37.2. The van der Waals surface area contributed by atoms with Gasteiger partial charge in [-0.1, -0.05) is 216 Å². The zero-order chi connectivity index (χ0) is 54.7. The molecule has 0 aliphatic carbocycles. The number of hydrogen-bond donors (Lipinski definition) is 1. The van der Waals surface area contributed by atoms with E-state index in [4.69, 9.17) is 14.4 Å². The van der Waals surface area contributed by atoms with Crippen LogP contribution in [0.3, 0.4) is 0 Å². The fraction of sp³-hybridized carbons (Fsp3) is 0.250. The minimum atomic E-state index is -0.352. The van der Waals surface area contributed by atoms with E-state index in [1.807, 2.05) is 0 Å². The molecule has 0 unspecified atom stereocenters. The molecule has 12 aromatic rings. The summed E-state index contributed by atoms with van der Waals surface area (Å²) in [5.41, 5.74) is 17.6. The van der Waals surface area contributed by atoms with Crippen molar-refractivity contribution in [1.29, 1.82) is 0 Å². The molecule has 0 aliphatic rings. The minimum absolute atomic E-state index is 0. The molecule has 0 spiro atoms. The number of imidazole rings is 2. The van der Waals surface area contributed by atoms with Crippen molar-refractivity contribution in [2.45, 2.75) is 118 Å². The first-order valence-corrected chi connectivity index (χ1v) is 27.7. The normalized spacial score (nSPS) is 12.5. The van der Waals surface area contributed by atoms with Crippen molar-refractivity contribution in [3.63, 3.8) is 0 Å². The van der Waals surface area contributed by atoms with Crippen molar-refractivity contribution < 1.29 is 30.6 Å². The maximum absolute atomic E-state index is 12.7. The van der Waals surface area contributed by atoms with Crippen molar-refractivity contribution in [3.05, 3.63) is 198 Å². The van der Waals surface area contributed by atoms with E-state index in [-0.39, 0.29) is 54.9 Å². The number of phenols is 1. The second-order valence-corrected chi connectivity index (χ2v) is 25.1. The summed E-state index contributed by atoms with van der Waals surface area (Å²) in [6.07, 6.45) is 0. The molecule has 0 aliphatic heterocycles. The van der Waals surface area contributed by atoms with Crippen LogP contribution in [0.4, 0.5) is 0 Å². The number of hydrogen-bond acceptors (Lipinski definition) is 4. The van der Waals surface area contributed by atoms with Gasteiger partial charge in [-0.05, 0) is 92.1 Å². The molecule has 1 N–H and O–H groups in total. The Bertz CT molecular complexity index is 4310. The molecule has 3 heterocycles. The predicted octanol–water partition coefficient (Wildman–Crippen LogP) is 19.7. The van der Waals surface area contributed by atoms with Gasteiger partial charge in [0.1, 0.15) is 22.7 Å². The maximum Gasteiger partial charge on any atom is 0.161 e. The van der Waals surface area contributed by atoms with Crippen LogP contribution < -0.4 is 0 Å². The molecule has 0 radical (unpaired) electrons. The zero-order valence-corrected chi connectivity index (χ0v) is 50.0. The summed E-state index contributed by atoms with van der Waals surface area (Å²) in [7, 11) is 0. The number of furan rings is 1. The van der Waals surface area contributed by atoms with E-state index >= 15 is 0 Å². The van der Waals surface area contributed by atoms with Gasteiger partial charge < -0.3 is 14.1 Å². The Hall–Kier alpha value is -7.53. The van der Waals surface area contributed by atoms with Gasteiger partial charge in [0.05, 0.1) is 33.6 Å². The van der Waals surface area contributed by atoms with Gasteiger partial charge in [-0.15, -0.1) is 29.3 Å². The monoisotopic (exact) mass is 1220 g/mol. The van der Waals surface area contributed by atoms with Gasteiger partial charge in [-0.3, -0.25) is 9.55 Å². The van der Waals surface area contributed by atoms with E-state index in [9.17, 15) is 5.11 Å². The molecule has 6 nitrogen and oxygen atoms in total. The summed E-state index contributed by atoms with van der Waals surface area (Å²) >= 11 is 0. The molecule has 79 heavy (non-hydrogen) atoms. The third-order valence-electron chi connectivity index (χ3n) is 15.9.